The molecular weight excluding hydrogens is 232 g/mol. The molecule has 0 aliphatic rings. The maximum Gasteiger partial charge on any atom is 0.334 e. The van der Waals surface area contributed by atoms with Gasteiger partial charge in [-0.3, -0.25) is 0 Å². The zero-order chi connectivity index (χ0) is 12.7. The molecule has 0 aliphatic heterocycles. The molecule has 0 aromatic heterocycles. The van der Waals surface area contributed by atoms with Gasteiger partial charge in [0.05, 0.1) is 6.54 Å². The number of nitrogens with one attached hydrogen (secondary N) is 1. The Morgan fingerprint density at radius 1 is 1.50 bits per heavy atom. The number of aliphatic carboxylic acids is 1. The first kappa shape index (κ1) is 15.0. The molecule has 0 spiro atoms. The van der Waals surface area contributed by atoms with E-state index in [1.807, 2.05) is 13.2 Å². The number of amides is 2. The molecule has 3 N–H and O–H groups in total. The molecule has 2 atom stereocenters. The largest absolute Gasteiger partial charge is 0.479 e. The second kappa shape index (κ2) is 7.34. The van der Waals surface area contributed by atoms with E-state index in [1.165, 1.54) is 4.90 Å². The third-order valence-electron chi connectivity index (χ3n) is 2.12. The maximum atomic E-state index is 11.5. The van der Waals surface area contributed by atoms with Crippen molar-refractivity contribution in [3.8, 4) is 0 Å². The fourth-order valence-corrected chi connectivity index (χ4v) is 1.66. The molecule has 0 aromatic rings. The molecule has 0 rings (SSSR count). The van der Waals surface area contributed by atoms with Crippen LogP contribution >= 0.6 is 11.8 Å². The Labute approximate surface area is 99.0 Å². The van der Waals surface area contributed by atoms with Gasteiger partial charge in [0, 0.05) is 18.8 Å². The fourth-order valence-electron chi connectivity index (χ4n) is 0.949. The number of carboxylic acid groups (broad SMARTS) is 1. The molecule has 16 heavy (non-hydrogen) atoms. The minimum absolute atomic E-state index is 0.0528. The zero-order valence-corrected chi connectivity index (χ0v) is 10.5. The van der Waals surface area contributed by atoms with Crippen LogP contribution in [0.4, 0.5) is 4.79 Å². The summed E-state index contributed by atoms with van der Waals surface area (Å²) < 4.78 is 0. The van der Waals surface area contributed by atoms with Crippen LogP contribution < -0.4 is 5.32 Å². The summed E-state index contributed by atoms with van der Waals surface area (Å²) in [5.74, 6) is -0.550. The summed E-state index contributed by atoms with van der Waals surface area (Å²) in [6.45, 7) is 1.61. The van der Waals surface area contributed by atoms with E-state index in [1.54, 1.807) is 18.8 Å². The fraction of sp³-hybridized carbons (Fsp3) is 0.778. The van der Waals surface area contributed by atoms with Gasteiger partial charge in [0.2, 0.25) is 0 Å². The van der Waals surface area contributed by atoms with Crippen molar-refractivity contribution in [2.75, 3.05) is 25.6 Å². The first-order valence-corrected chi connectivity index (χ1v) is 6.20. The normalized spacial score (nSPS) is 14.0. The molecular formula is C9H18N2O4S. The maximum absolute atomic E-state index is 11.5. The lowest BCUT2D eigenvalue weighted by Crippen LogP contribution is -2.46. The lowest BCUT2D eigenvalue weighted by molar-refractivity contribution is -0.146. The topological polar surface area (TPSA) is 89.9 Å². The number of urea groups is 1. The summed E-state index contributed by atoms with van der Waals surface area (Å²) in [6, 6.07) is -0.334. The molecule has 0 aliphatic carbocycles. The van der Waals surface area contributed by atoms with Gasteiger partial charge in [-0.15, -0.1) is 0 Å². The summed E-state index contributed by atoms with van der Waals surface area (Å²) >= 11 is 1.62. The predicted octanol–water partition coefficient (Wildman–Crippen LogP) is -0.175. The highest BCUT2D eigenvalue weighted by atomic mass is 32.2. The summed E-state index contributed by atoms with van der Waals surface area (Å²) in [5.41, 5.74) is 0. The lowest BCUT2D eigenvalue weighted by Gasteiger charge is -2.24. The van der Waals surface area contributed by atoms with Gasteiger partial charge in [-0.2, -0.15) is 11.8 Å². The van der Waals surface area contributed by atoms with Crippen molar-refractivity contribution < 1.29 is 19.8 Å². The average Bonchev–Trinajstić information content (AvgIpc) is 2.24. The Bertz CT molecular complexity index is 250. The molecule has 0 bridgehead atoms. The van der Waals surface area contributed by atoms with E-state index in [0.717, 1.165) is 5.75 Å². The van der Waals surface area contributed by atoms with Crippen LogP contribution in [0.25, 0.3) is 0 Å². The molecule has 94 valence electrons. The van der Waals surface area contributed by atoms with Gasteiger partial charge in [-0.1, -0.05) is 0 Å². The Morgan fingerprint density at radius 3 is 2.50 bits per heavy atom. The van der Waals surface area contributed by atoms with Crippen LogP contribution in [-0.2, 0) is 4.79 Å². The standard InChI is InChI=1S/C9H18N2O4S/c1-6(5-16-3)11(2)9(15)10-4-7(12)8(13)14/h6-7,12H,4-5H2,1-3H3,(H,10,15)(H,13,14)/t6?,7-/m0/s1. The number of carbonyl (C=O) groups excluding carboxylic acids is 1. The second-order valence-electron chi connectivity index (χ2n) is 3.46. The van der Waals surface area contributed by atoms with Crippen molar-refractivity contribution in [3.05, 3.63) is 0 Å². The first-order chi connectivity index (χ1) is 7.40. The molecule has 0 aromatic carbocycles. The molecule has 2 amide bonds. The van der Waals surface area contributed by atoms with E-state index in [-0.39, 0.29) is 18.6 Å². The summed E-state index contributed by atoms with van der Waals surface area (Å²) in [4.78, 5) is 23.3. The van der Waals surface area contributed by atoms with Crippen LogP contribution in [-0.4, -0.2) is 64.9 Å². The lowest BCUT2D eigenvalue weighted by atomic mass is 10.3. The van der Waals surface area contributed by atoms with Gasteiger partial charge in [-0.05, 0) is 13.2 Å². The van der Waals surface area contributed by atoms with Gasteiger partial charge in [0.15, 0.2) is 6.10 Å². The molecule has 0 heterocycles. The van der Waals surface area contributed by atoms with Crippen molar-refractivity contribution in [2.24, 2.45) is 0 Å². The number of hydrogen-bond donors (Lipinski definition) is 3. The van der Waals surface area contributed by atoms with Gasteiger partial charge in [0.1, 0.15) is 0 Å². The Hall–Kier alpha value is -0.950. The number of aliphatic hydroxyl groups excluding tert-OH is 1. The summed E-state index contributed by atoms with van der Waals surface area (Å²) in [5, 5.41) is 19.7. The minimum Gasteiger partial charge on any atom is -0.479 e. The van der Waals surface area contributed by atoms with Crippen LogP contribution in [0.15, 0.2) is 0 Å². The van der Waals surface area contributed by atoms with Crippen molar-refractivity contribution in [1.29, 1.82) is 0 Å². The van der Waals surface area contributed by atoms with E-state index in [0.29, 0.717) is 0 Å². The second-order valence-corrected chi connectivity index (χ2v) is 4.37. The summed E-state index contributed by atoms with van der Waals surface area (Å²) in [7, 11) is 1.63. The van der Waals surface area contributed by atoms with Crippen LogP contribution in [0.5, 0.6) is 0 Å². The van der Waals surface area contributed by atoms with Crippen LogP contribution in [0, 0.1) is 0 Å². The number of hydrogen-bond acceptors (Lipinski definition) is 4. The first-order valence-electron chi connectivity index (χ1n) is 4.80. The number of nitrogens with zero attached hydrogens (tertiary/aromatic N) is 1. The molecule has 0 fully saturated rings. The van der Waals surface area contributed by atoms with Crippen molar-refractivity contribution >= 4 is 23.8 Å². The molecule has 0 radical (unpaired) electrons. The molecule has 7 heteroatoms. The Kier molecular flexibility index (Phi) is 6.91. The number of carbonyl (C=O) groups is 2. The predicted molar refractivity (Wildman–Crippen MR) is 62.6 cm³/mol. The number of rotatable bonds is 6. The van der Waals surface area contributed by atoms with Gasteiger partial charge in [-0.25, -0.2) is 9.59 Å². The average molecular weight is 250 g/mol. The Balaban J connectivity index is 4.01. The van der Waals surface area contributed by atoms with Gasteiger partial charge >= 0.3 is 12.0 Å². The number of aliphatic hydroxyl groups is 1. The van der Waals surface area contributed by atoms with E-state index < -0.39 is 12.1 Å². The van der Waals surface area contributed by atoms with Crippen LogP contribution in [0.3, 0.4) is 0 Å². The van der Waals surface area contributed by atoms with E-state index >= 15 is 0 Å². The highest BCUT2D eigenvalue weighted by Crippen LogP contribution is 2.03. The summed E-state index contributed by atoms with van der Waals surface area (Å²) in [6.07, 6.45) is 0.379. The van der Waals surface area contributed by atoms with Crippen LogP contribution in [0.1, 0.15) is 6.92 Å². The number of carboxylic acids is 1. The molecule has 0 saturated heterocycles. The van der Waals surface area contributed by atoms with E-state index in [9.17, 15) is 9.59 Å². The molecule has 0 saturated carbocycles. The van der Waals surface area contributed by atoms with E-state index in [4.69, 9.17) is 10.2 Å². The van der Waals surface area contributed by atoms with Gasteiger partial charge < -0.3 is 20.4 Å². The zero-order valence-electron chi connectivity index (χ0n) is 9.64. The van der Waals surface area contributed by atoms with Gasteiger partial charge in [0.25, 0.3) is 0 Å². The van der Waals surface area contributed by atoms with Crippen molar-refractivity contribution in [1.82, 2.24) is 10.2 Å². The smallest absolute Gasteiger partial charge is 0.334 e. The Morgan fingerprint density at radius 2 is 2.06 bits per heavy atom. The number of thioether (sulfide) groups is 1. The SMILES string of the molecule is CSCC(C)N(C)C(=O)NC[C@H](O)C(=O)O. The molecule has 6 nitrogen and oxygen atoms in total. The highest BCUT2D eigenvalue weighted by molar-refractivity contribution is 7.98. The minimum atomic E-state index is -1.56. The third kappa shape index (κ3) is 5.22. The highest BCUT2D eigenvalue weighted by Gasteiger charge is 2.18. The van der Waals surface area contributed by atoms with E-state index in [2.05, 4.69) is 5.32 Å². The van der Waals surface area contributed by atoms with Crippen molar-refractivity contribution in [3.63, 3.8) is 0 Å². The van der Waals surface area contributed by atoms with Crippen LogP contribution in [0.2, 0.25) is 0 Å². The third-order valence-corrected chi connectivity index (χ3v) is 2.94. The van der Waals surface area contributed by atoms with Crippen molar-refractivity contribution in [2.45, 2.75) is 19.1 Å². The molecule has 1 unspecified atom stereocenters. The monoisotopic (exact) mass is 250 g/mol. The quantitative estimate of drug-likeness (QED) is 0.608.